The Balaban J connectivity index is 2.62. The van der Waals surface area contributed by atoms with Gasteiger partial charge in [-0.25, -0.2) is 0 Å². The first-order valence-corrected chi connectivity index (χ1v) is 4.48. The van der Waals surface area contributed by atoms with Crippen molar-refractivity contribution in [2.75, 3.05) is 0 Å². The summed E-state index contributed by atoms with van der Waals surface area (Å²) in [6.07, 6.45) is 0. The Kier molecular flexibility index (Phi) is 1.62. The molecule has 0 aliphatic heterocycles. The van der Waals surface area contributed by atoms with Gasteiger partial charge in [0.1, 0.15) is 0 Å². The van der Waals surface area contributed by atoms with Gasteiger partial charge >= 0.3 is 0 Å². The maximum atomic E-state index is 11.1. The second-order valence-corrected chi connectivity index (χ2v) is 3.50. The van der Waals surface area contributed by atoms with Crippen molar-refractivity contribution < 1.29 is 0 Å². The maximum absolute atomic E-state index is 11.1. The fourth-order valence-corrected chi connectivity index (χ4v) is 1.87. The molecule has 3 nitrogen and oxygen atoms in total. The molecular formula is C8H8N2OS. The van der Waals surface area contributed by atoms with Crippen LogP contribution in [0.4, 0.5) is 0 Å². The van der Waals surface area contributed by atoms with Gasteiger partial charge in [0.15, 0.2) is 0 Å². The van der Waals surface area contributed by atoms with Crippen LogP contribution in [-0.2, 0) is 0 Å². The first-order valence-electron chi connectivity index (χ1n) is 3.60. The van der Waals surface area contributed by atoms with Gasteiger partial charge < -0.3 is 0 Å². The van der Waals surface area contributed by atoms with Crippen LogP contribution in [0, 0.1) is 6.92 Å². The van der Waals surface area contributed by atoms with Gasteiger partial charge in [-0.2, -0.15) is 0 Å². The summed E-state index contributed by atoms with van der Waals surface area (Å²) in [4.78, 5) is 12.1. The first-order chi connectivity index (χ1) is 5.79. The Bertz CT molecular complexity index is 424. The first kappa shape index (κ1) is 7.36. The van der Waals surface area contributed by atoms with Gasteiger partial charge in [-0.1, -0.05) is 6.07 Å². The summed E-state index contributed by atoms with van der Waals surface area (Å²) >= 11 is 1.61. The van der Waals surface area contributed by atoms with Gasteiger partial charge in [-0.05, 0) is 18.4 Å². The number of nitrogens with one attached hydrogen (secondary N) is 2. The van der Waals surface area contributed by atoms with Crippen molar-refractivity contribution in [3.8, 4) is 10.6 Å². The van der Waals surface area contributed by atoms with Crippen LogP contribution < -0.4 is 5.56 Å². The number of rotatable bonds is 1. The number of H-pyrrole nitrogens is 2. The quantitative estimate of drug-likeness (QED) is 0.690. The number of thiophene rings is 1. The molecule has 2 N–H and O–H groups in total. The number of hydrogen-bond donors (Lipinski definition) is 2. The second-order valence-electron chi connectivity index (χ2n) is 2.56. The third kappa shape index (κ3) is 1.00. The fourth-order valence-electron chi connectivity index (χ4n) is 1.09. The SMILES string of the molecule is Cc1c(-c2cccs2)[nH][nH]c1=O. The summed E-state index contributed by atoms with van der Waals surface area (Å²) in [5.74, 6) is 0. The van der Waals surface area contributed by atoms with Crippen molar-refractivity contribution in [1.29, 1.82) is 0 Å². The lowest BCUT2D eigenvalue weighted by molar-refractivity contribution is 1.06. The zero-order valence-corrected chi connectivity index (χ0v) is 7.37. The molecule has 0 bridgehead atoms. The molecule has 2 heterocycles. The Morgan fingerprint density at radius 2 is 2.25 bits per heavy atom. The number of aromatic nitrogens is 2. The van der Waals surface area contributed by atoms with Crippen molar-refractivity contribution in [2.24, 2.45) is 0 Å². The van der Waals surface area contributed by atoms with E-state index >= 15 is 0 Å². The summed E-state index contributed by atoms with van der Waals surface area (Å²) in [7, 11) is 0. The molecule has 0 fully saturated rings. The van der Waals surface area contributed by atoms with E-state index in [4.69, 9.17) is 0 Å². The topological polar surface area (TPSA) is 48.6 Å². The third-order valence-electron chi connectivity index (χ3n) is 1.78. The molecule has 0 saturated heterocycles. The third-order valence-corrected chi connectivity index (χ3v) is 2.67. The molecular weight excluding hydrogens is 172 g/mol. The van der Waals surface area contributed by atoms with Gasteiger partial charge in [-0.3, -0.25) is 15.0 Å². The van der Waals surface area contributed by atoms with Crippen molar-refractivity contribution in [2.45, 2.75) is 6.92 Å². The van der Waals surface area contributed by atoms with E-state index in [1.54, 1.807) is 11.3 Å². The molecule has 0 saturated carbocycles. The lowest BCUT2D eigenvalue weighted by Gasteiger charge is -1.90. The molecule has 0 atom stereocenters. The van der Waals surface area contributed by atoms with Crippen molar-refractivity contribution >= 4 is 11.3 Å². The number of aromatic amines is 2. The van der Waals surface area contributed by atoms with Crippen LogP contribution in [0.5, 0.6) is 0 Å². The highest BCUT2D eigenvalue weighted by molar-refractivity contribution is 7.13. The average Bonchev–Trinajstić information content (AvgIpc) is 2.64. The minimum absolute atomic E-state index is 0.0431. The van der Waals surface area contributed by atoms with Crippen LogP contribution in [-0.4, -0.2) is 10.2 Å². The molecule has 0 spiro atoms. The van der Waals surface area contributed by atoms with Crippen LogP contribution >= 0.6 is 11.3 Å². The highest BCUT2D eigenvalue weighted by atomic mass is 32.1. The van der Waals surface area contributed by atoms with Gasteiger partial charge in [-0.15, -0.1) is 11.3 Å². The predicted molar refractivity (Wildman–Crippen MR) is 49.5 cm³/mol. The Morgan fingerprint density at radius 3 is 2.75 bits per heavy atom. The largest absolute Gasteiger partial charge is 0.296 e. The molecule has 62 valence electrons. The molecule has 2 rings (SSSR count). The van der Waals surface area contributed by atoms with Crippen molar-refractivity contribution in [1.82, 2.24) is 10.2 Å². The molecule has 0 radical (unpaired) electrons. The van der Waals surface area contributed by atoms with Gasteiger partial charge in [0.25, 0.3) is 5.56 Å². The molecule has 2 aromatic rings. The van der Waals surface area contributed by atoms with Gasteiger partial charge in [0.2, 0.25) is 0 Å². The van der Waals surface area contributed by atoms with E-state index in [0.29, 0.717) is 0 Å². The molecule has 4 heteroatoms. The molecule has 0 aliphatic carbocycles. The lowest BCUT2D eigenvalue weighted by atomic mass is 10.2. The normalized spacial score (nSPS) is 10.4. The van der Waals surface area contributed by atoms with E-state index in [1.165, 1.54) is 0 Å². The molecule has 0 amide bonds. The predicted octanol–water partition coefficient (Wildman–Crippen LogP) is 1.74. The van der Waals surface area contributed by atoms with E-state index in [0.717, 1.165) is 16.1 Å². The van der Waals surface area contributed by atoms with E-state index in [2.05, 4.69) is 10.2 Å². The van der Waals surface area contributed by atoms with Crippen LogP contribution in [0.3, 0.4) is 0 Å². The summed E-state index contributed by atoms with van der Waals surface area (Å²) in [5, 5.41) is 7.39. The molecule has 0 unspecified atom stereocenters. The van der Waals surface area contributed by atoms with Crippen LogP contribution in [0.1, 0.15) is 5.56 Å². The van der Waals surface area contributed by atoms with Crippen LogP contribution in [0.25, 0.3) is 10.6 Å². The van der Waals surface area contributed by atoms with E-state index in [9.17, 15) is 4.79 Å². The smallest absolute Gasteiger partial charge is 0.267 e. The van der Waals surface area contributed by atoms with Crippen molar-refractivity contribution in [3.05, 3.63) is 33.4 Å². The summed E-state index contributed by atoms with van der Waals surface area (Å²) in [6, 6.07) is 3.95. The maximum Gasteiger partial charge on any atom is 0.267 e. The van der Waals surface area contributed by atoms with Gasteiger partial charge in [0, 0.05) is 5.56 Å². The summed E-state index contributed by atoms with van der Waals surface area (Å²) in [5.41, 5.74) is 1.60. The summed E-state index contributed by atoms with van der Waals surface area (Å²) < 4.78 is 0. The minimum atomic E-state index is -0.0431. The van der Waals surface area contributed by atoms with Crippen LogP contribution in [0.15, 0.2) is 22.3 Å². The number of hydrogen-bond acceptors (Lipinski definition) is 2. The Hall–Kier alpha value is -1.29. The van der Waals surface area contributed by atoms with Crippen LogP contribution in [0.2, 0.25) is 0 Å². The molecule has 12 heavy (non-hydrogen) atoms. The van der Waals surface area contributed by atoms with E-state index in [-0.39, 0.29) is 5.56 Å². The second kappa shape index (κ2) is 2.64. The average molecular weight is 180 g/mol. The fraction of sp³-hybridized carbons (Fsp3) is 0.125. The molecule has 0 aliphatic rings. The lowest BCUT2D eigenvalue weighted by Crippen LogP contribution is -2.00. The summed E-state index contributed by atoms with van der Waals surface area (Å²) in [6.45, 7) is 1.81. The Labute approximate surface area is 73.1 Å². The highest BCUT2D eigenvalue weighted by Crippen LogP contribution is 2.23. The van der Waals surface area contributed by atoms with Gasteiger partial charge in [0.05, 0.1) is 10.6 Å². The zero-order chi connectivity index (χ0) is 8.55. The minimum Gasteiger partial charge on any atom is -0.296 e. The van der Waals surface area contributed by atoms with E-state index < -0.39 is 0 Å². The standard InChI is InChI=1S/C8H8N2OS/c1-5-7(9-10-8(5)11)6-3-2-4-12-6/h2-4H,1H3,(H2,9,10,11). The Morgan fingerprint density at radius 1 is 1.42 bits per heavy atom. The molecule has 0 aromatic carbocycles. The van der Waals surface area contributed by atoms with Crippen molar-refractivity contribution in [3.63, 3.8) is 0 Å². The molecule has 2 aromatic heterocycles. The monoisotopic (exact) mass is 180 g/mol. The van der Waals surface area contributed by atoms with E-state index in [1.807, 2.05) is 24.4 Å². The zero-order valence-electron chi connectivity index (χ0n) is 6.55. The highest BCUT2D eigenvalue weighted by Gasteiger charge is 2.06.